The quantitative estimate of drug-likeness (QED) is 0.437. The van der Waals surface area contributed by atoms with Crippen molar-refractivity contribution in [1.29, 1.82) is 0 Å². The Morgan fingerprint density at radius 3 is 2.89 bits per heavy atom. The number of hydrogen-bond acceptors (Lipinski definition) is 5. The zero-order valence-electron chi connectivity index (χ0n) is 15.8. The minimum Gasteiger partial charge on any atom is -0.469 e. The molecule has 5 nitrogen and oxygen atoms in total. The highest BCUT2D eigenvalue weighted by atomic mass is 16.5. The number of rotatable bonds is 7. The van der Waals surface area contributed by atoms with Crippen molar-refractivity contribution >= 4 is 11.8 Å². The fourth-order valence-corrected chi connectivity index (χ4v) is 4.33. The van der Waals surface area contributed by atoms with Gasteiger partial charge in [-0.2, -0.15) is 0 Å². The summed E-state index contributed by atoms with van der Waals surface area (Å²) in [5.74, 6) is -0.520. The van der Waals surface area contributed by atoms with Crippen LogP contribution in [0.25, 0.3) is 0 Å². The van der Waals surface area contributed by atoms with Gasteiger partial charge in [-0.15, -0.1) is 0 Å². The first-order valence-corrected chi connectivity index (χ1v) is 9.74. The van der Waals surface area contributed by atoms with E-state index in [0.717, 1.165) is 42.4 Å². The number of esters is 1. The summed E-state index contributed by atoms with van der Waals surface area (Å²) in [6.45, 7) is 0. The number of ether oxygens (including phenoxy) is 1. The average Bonchev–Trinajstić information content (AvgIpc) is 3.16. The lowest BCUT2D eigenvalue weighted by Crippen LogP contribution is -2.18. The molecule has 0 aliphatic heterocycles. The van der Waals surface area contributed by atoms with Crippen molar-refractivity contribution in [1.82, 2.24) is 0 Å². The molecule has 2 aliphatic carbocycles. The molecule has 2 N–H and O–H groups in total. The number of benzene rings is 1. The van der Waals surface area contributed by atoms with Gasteiger partial charge in [0.1, 0.15) is 5.78 Å². The summed E-state index contributed by atoms with van der Waals surface area (Å²) in [4.78, 5) is 23.5. The first kappa shape index (κ1) is 19.8. The van der Waals surface area contributed by atoms with Crippen LogP contribution in [-0.2, 0) is 20.7 Å². The van der Waals surface area contributed by atoms with Gasteiger partial charge in [0.15, 0.2) is 0 Å². The molecule has 1 fully saturated rings. The Labute approximate surface area is 160 Å². The van der Waals surface area contributed by atoms with E-state index in [1.807, 2.05) is 24.3 Å². The van der Waals surface area contributed by atoms with E-state index in [1.54, 1.807) is 0 Å². The van der Waals surface area contributed by atoms with Gasteiger partial charge in [0.25, 0.3) is 0 Å². The van der Waals surface area contributed by atoms with E-state index in [-0.39, 0.29) is 30.0 Å². The lowest BCUT2D eigenvalue weighted by atomic mass is 9.84. The number of carbonyl (C=O) groups excluding carboxylic acids is 2. The van der Waals surface area contributed by atoms with Crippen molar-refractivity contribution in [3.05, 3.63) is 47.0 Å². The van der Waals surface area contributed by atoms with E-state index in [2.05, 4.69) is 10.8 Å². The van der Waals surface area contributed by atoms with Crippen LogP contribution in [0.5, 0.6) is 0 Å². The van der Waals surface area contributed by atoms with Crippen LogP contribution in [0.4, 0.5) is 0 Å². The molecule has 27 heavy (non-hydrogen) atoms. The fraction of sp³-hybridized carbons (Fsp3) is 0.545. The number of carbonyl (C=O) groups is 2. The maximum atomic E-state index is 12.4. The molecule has 3 rings (SSSR count). The molecule has 1 saturated carbocycles. The number of ketones is 1. The van der Waals surface area contributed by atoms with Gasteiger partial charge in [-0.25, -0.2) is 0 Å². The van der Waals surface area contributed by atoms with Gasteiger partial charge in [-0.1, -0.05) is 30.4 Å². The predicted molar refractivity (Wildman–Crippen MR) is 101 cm³/mol. The molecule has 0 spiro atoms. The SMILES string of the molecule is COC(=O)CCC/C=C\C[C@H]1C(=O)C[C@@H](O)[C@@H]1c1ccc2c(c1)CCC2O. The molecule has 0 bridgehead atoms. The maximum absolute atomic E-state index is 12.4. The van der Waals surface area contributed by atoms with E-state index >= 15 is 0 Å². The number of fused-ring (bicyclic) bond motifs is 1. The largest absolute Gasteiger partial charge is 0.469 e. The standard InChI is InChI=1S/C22H28O5/c1-27-21(26)7-5-3-2-4-6-17-19(24)13-20(25)22(17)15-8-10-16-14(12-15)9-11-18(16)23/h2,4,8,10,12,17-18,20,22-23,25H,3,5-7,9,11,13H2,1H3/b4-2-/t17-,18?,20+,22+/m0/s1. The molecular weight excluding hydrogens is 344 g/mol. The van der Waals surface area contributed by atoms with Crippen LogP contribution in [0.3, 0.4) is 0 Å². The molecule has 0 saturated heterocycles. The van der Waals surface area contributed by atoms with E-state index in [9.17, 15) is 19.8 Å². The maximum Gasteiger partial charge on any atom is 0.305 e. The predicted octanol–water partition coefficient (Wildman–Crippen LogP) is 2.99. The molecule has 5 heteroatoms. The van der Waals surface area contributed by atoms with Crippen molar-refractivity contribution in [3.63, 3.8) is 0 Å². The number of methoxy groups -OCH3 is 1. The first-order chi connectivity index (χ1) is 13.0. The van der Waals surface area contributed by atoms with Crippen molar-refractivity contribution in [2.75, 3.05) is 7.11 Å². The van der Waals surface area contributed by atoms with E-state index in [1.165, 1.54) is 7.11 Å². The minimum absolute atomic E-state index is 0.104. The molecule has 2 aliphatic rings. The lowest BCUT2D eigenvalue weighted by Gasteiger charge is -2.21. The Kier molecular flexibility index (Phi) is 6.45. The number of aryl methyl sites for hydroxylation is 1. The zero-order chi connectivity index (χ0) is 19.4. The van der Waals surface area contributed by atoms with Crippen molar-refractivity contribution in [2.45, 2.75) is 63.1 Å². The lowest BCUT2D eigenvalue weighted by molar-refractivity contribution is -0.140. The summed E-state index contributed by atoms with van der Waals surface area (Å²) in [6.07, 6.45) is 7.19. The van der Waals surface area contributed by atoms with Gasteiger partial charge >= 0.3 is 5.97 Å². The molecule has 0 aromatic heterocycles. The molecule has 1 unspecified atom stereocenters. The van der Waals surface area contributed by atoms with Gasteiger partial charge in [0, 0.05) is 24.7 Å². The van der Waals surface area contributed by atoms with Crippen LogP contribution >= 0.6 is 0 Å². The monoisotopic (exact) mass is 372 g/mol. The summed E-state index contributed by atoms with van der Waals surface area (Å²) in [7, 11) is 1.38. The second-order valence-corrected chi connectivity index (χ2v) is 7.56. The van der Waals surface area contributed by atoms with Crippen LogP contribution in [0.1, 0.15) is 67.2 Å². The van der Waals surface area contributed by atoms with Gasteiger partial charge in [0.2, 0.25) is 0 Å². The third kappa shape index (κ3) is 4.47. The number of hydrogen-bond donors (Lipinski definition) is 2. The van der Waals surface area contributed by atoms with Gasteiger partial charge in [0.05, 0.1) is 19.3 Å². The van der Waals surface area contributed by atoms with Crippen LogP contribution in [0.15, 0.2) is 30.4 Å². The number of allylic oxidation sites excluding steroid dienone is 2. The van der Waals surface area contributed by atoms with Gasteiger partial charge < -0.3 is 14.9 Å². The second kappa shape index (κ2) is 8.81. The van der Waals surface area contributed by atoms with Crippen LogP contribution in [0, 0.1) is 5.92 Å². The highest BCUT2D eigenvalue weighted by Gasteiger charge is 2.42. The zero-order valence-corrected chi connectivity index (χ0v) is 15.8. The molecule has 146 valence electrons. The van der Waals surface area contributed by atoms with Crippen LogP contribution in [0.2, 0.25) is 0 Å². The Hall–Kier alpha value is -1.98. The summed E-state index contributed by atoms with van der Waals surface area (Å²) in [5, 5.41) is 20.4. The number of aliphatic hydroxyl groups is 2. The van der Waals surface area contributed by atoms with Crippen molar-refractivity contribution in [3.8, 4) is 0 Å². The highest BCUT2D eigenvalue weighted by Crippen LogP contribution is 2.42. The molecule has 0 amide bonds. The Morgan fingerprint density at radius 1 is 1.30 bits per heavy atom. The highest BCUT2D eigenvalue weighted by molar-refractivity contribution is 5.85. The summed E-state index contributed by atoms with van der Waals surface area (Å²) < 4.78 is 4.61. The fourth-order valence-electron chi connectivity index (χ4n) is 4.33. The molecule has 1 aromatic carbocycles. The second-order valence-electron chi connectivity index (χ2n) is 7.56. The third-order valence-electron chi connectivity index (χ3n) is 5.81. The van der Waals surface area contributed by atoms with Gasteiger partial charge in [-0.05, 0) is 48.8 Å². The number of Topliss-reactive ketones (excluding diaryl/α,β-unsaturated/α-hetero) is 1. The third-order valence-corrected chi connectivity index (χ3v) is 5.81. The van der Waals surface area contributed by atoms with E-state index in [0.29, 0.717) is 12.8 Å². The van der Waals surface area contributed by atoms with Crippen LogP contribution < -0.4 is 0 Å². The number of unbranched alkanes of at least 4 members (excludes halogenated alkanes) is 1. The Bertz CT molecular complexity index is 723. The number of aliphatic hydroxyl groups excluding tert-OH is 2. The minimum atomic E-state index is -0.653. The van der Waals surface area contributed by atoms with Crippen LogP contribution in [-0.4, -0.2) is 35.2 Å². The van der Waals surface area contributed by atoms with Gasteiger partial charge in [-0.3, -0.25) is 9.59 Å². The van der Waals surface area contributed by atoms with Crippen molar-refractivity contribution in [2.24, 2.45) is 5.92 Å². The first-order valence-electron chi connectivity index (χ1n) is 9.74. The van der Waals surface area contributed by atoms with E-state index in [4.69, 9.17) is 0 Å². The summed E-state index contributed by atoms with van der Waals surface area (Å²) >= 11 is 0. The normalized spacial score (nSPS) is 27.3. The molecular formula is C22H28O5. The summed E-state index contributed by atoms with van der Waals surface area (Å²) in [6, 6.07) is 5.95. The smallest absolute Gasteiger partial charge is 0.305 e. The van der Waals surface area contributed by atoms with E-state index < -0.39 is 12.2 Å². The summed E-state index contributed by atoms with van der Waals surface area (Å²) in [5.41, 5.74) is 3.09. The Balaban J connectivity index is 1.64. The topological polar surface area (TPSA) is 83.8 Å². The molecule has 1 aromatic rings. The molecule has 0 heterocycles. The Morgan fingerprint density at radius 2 is 2.11 bits per heavy atom. The molecule has 4 atom stereocenters. The van der Waals surface area contributed by atoms with Crippen molar-refractivity contribution < 1.29 is 24.5 Å². The molecule has 0 radical (unpaired) electrons. The average molecular weight is 372 g/mol.